The smallest absolute Gasteiger partial charge is 0.126 e. The van der Waals surface area contributed by atoms with Crippen molar-refractivity contribution in [3.8, 4) is 5.75 Å². The van der Waals surface area contributed by atoms with E-state index in [2.05, 4.69) is 90.1 Å². The lowest BCUT2D eigenvalue weighted by molar-refractivity contribution is -0.943. The van der Waals surface area contributed by atoms with Crippen LogP contribution in [0.3, 0.4) is 0 Å². The van der Waals surface area contributed by atoms with Crippen LogP contribution in [-0.2, 0) is 22.1 Å². The van der Waals surface area contributed by atoms with Gasteiger partial charge < -0.3 is 31.5 Å². The average molecular weight is 532 g/mol. The maximum absolute atomic E-state index is 10.9. The number of halogens is 1. The summed E-state index contributed by atoms with van der Waals surface area (Å²) in [5.74, 6) is 0.927. The summed E-state index contributed by atoms with van der Waals surface area (Å²) in [7, 11) is 0. The van der Waals surface area contributed by atoms with Gasteiger partial charge in [0.15, 0.2) is 0 Å². The van der Waals surface area contributed by atoms with Gasteiger partial charge in [-0.3, -0.25) is 0 Å². The molecule has 0 aromatic heterocycles. The lowest BCUT2D eigenvalue weighted by atomic mass is 9.80. The molecule has 0 bridgehead atoms. The SMILES string of the molecule is CC(C)(C)c1ccc(OCCOCC(O)C[N+]2(Cc3ccccc3)CCCCCC2)c(C(C)(C)C)c1.[Cl-]. The first-order valence-electron chi connectivity index (χ1n) is 13.9. The second-order valence-electron chi connectivity index (χ2n) is 12.8. The monoisotopic (exact) mass is 531 g/mol. The molecule has 0 radical (unpaired) electrons. The number of hydrogen-bond acceptors (Lipinski definition) is 3. The fourth-order valence-electron chi connectivity index (χ4n) is 5.37. The molecule has 2 aromatic rings. The van der Waals surface area contributed by atoms with Gasteiger partial charge in [-0.1, -0.05) is 84.0 Å². The summed E-state index contributed by atoms with van der Waals surface area (Å²) in [4.78, 5) is 0. The molecule has 208 valence electrons. The molecular formula is C32H50ClNO3. The van der Waals surface area contributed by atoms with Gasteiger partial charge in [-0.05, 0) is 53.7 Å². The van der Waals surface area contributed by atoms with Crippen molar-refractivity contribution in [2.24, 2.45) is 0 Å². The van der Waals surface area contributed by atoms with Gasteiger partial charge in [0.05, 0.1) is 26.3 Å². The molecule has 1 saturated heterocycles. The predicted molar refractivity (Wildman–Crippen MR) is 150 cm³/mol. The molecule has 1 unspecified atom stereocenters. The summed E-state index contributed by atoms with van der Waals surface area (Å²) < 4.78 is 13.0. The van der Waals surface area contributed by atoms with Crippen molar-refractivity contribution in [2.75, 3.05) is 39.5 Å². The van der Waals surface area contributed by atoms with Gasteiger partial charge in [-0.2, -0.15) is 0 Å². The van der Waals surface area contributed by atoms with Crippen molar-refractivity contribution >= 4 is 0 Å². The molecule has 1 heterocycles. The molecule has 2 aromatic carbocycles. The second kappa shape index (κ2) is 14.0. The van der Waals surface area contributed by atoms with E-state index in [1.807, 2.05) is 0 Å². The van der Waals surface area contributed by atoms with Crippen LogP contribution in [0.25, 0.3) is 0 Å². The van der Waals surface area contributed by atoms with Crippen molar-refractivity contribution in [3.63, 3.8) is 0 Å². The number of ether oxygens (including phenoxy) is 2. The van der Waals surface area contributed by atoms with E-state index in [0.717, 1.165) is 36.4 Å². The Labute approximate surface area is 232 Å². The highest BCUT2D eigenvalue weighted by molar-refractivity contribution is 5.43. The highest BCUT2D eigenvalue weighted by Crippen LogP contribution is 2.35. The van der Waals surface area contributed by atoms with Gasteiger partial charge in [0.25, 0.3) is 0 Å². The summed E-state index contributed by atoms with van der Waals surface area (Å²) in [6.45, 7) is 18.7. The minimum atomic E-state index is -0.469. The molecule has 0 amide bonds. The molecule has 37 heavy (non-hydrogen) atoms. The van der Waals surface area contributed by atoms with Crippen LogP contribution in [0, 0.1) is 0 Å². The van der Waals surface area contributed by atoms with Crippen LogP contribution in [0.5, 0.6) is 5.75 Å². The maximum atomic E-state index is 10.9. The highest BCUT2D eigenvalue weighted by Gasteiger charge is 2.32. The molecule has 1 N–H and O–H groups in total. The summed E-state index contributed by atoms with van der Waals surface area (Å²) in [6, 6.07) is 17.3. The topological polar surface area (TPSA) is 38.7 Å². The number of nitrogens with zero attached hydrogens (tertiary/aromatic N) is 1. The number of likely N-dealkylation sites (tertiary alicyclic amines) is 1. The Morgan fingerprint density at radius 2 is 1.49 bits per heavy atom. The summed E-state index contributed by atoms with van der Waals surface area (Å²) in [6.07, 6.45) is 4.59. The highest BCUT2D eigenvalue weighted by atomic mass is 35.5. The van der Waals surface area contributed by atoms with E-state index in [0.29, 0.717) is 19.8 Å². The molecule has 1 aliphatic heterocycles. The van der Waals surface area contributed by atoms with Crippen LogP contribution in [0.2, 0.25) is 0 Å². The quantitative estimate of drug-likeness (QED) is 0.376. The first-order chi connectivity index (χ1) is 17.0. The molecule has 0 saturated carbocycles. The van der Waals surface area contributed by atoms with E-state index in [9.17, 15) is 5.11 Å². The fraction of sp³-hybridized carbons (Fsp3) is 0.625. The number of benzene rings is 2. The first kappa shape index (κ1) is 31.6. The van der Waals surface area contributed by atoms with Crippen LogP contribution in [0.1, 0.15) is 83.9 Å². The summed E-state index contributed by atoms with van der Waals surface area (Å²) in [5.41, 5.74) is 4.00. The molecule has 1 atom stereocenters. The minimum Gasteiger partial charge on any atom is -1.00 e. The zero-order chi connectivity index (χ0) is 26.2. The molecule has 0 aliphatic carbocycles. The van der Waals surface area contributed by atoms with Crippen molar-refractivity contribution in [1.29, 1.82) is 0 Å². The largest absolute Gasteiger partial charge is 1.00 e. The molecular weight excluding hydrogens is 482 g/mol. The molecule has 1 aliphatic rings. The number of quaternary nitrogens is 1. The standard InChI is InChI=1S/C32H50NO3.ClH/c1-31(2,3)27-16-17-30(29(22-27)32(4,5)6)36-21-20-35-25-28(34)24-33(18-12-7-8-13-19-33)23-26-14-10-9-11-15-26;/h9-11,14-17,22,28,34H,7-8,12-13,18-21,23-25H2,1-6H3;1H/q+1;/p-1. The summed E-state index contributed by atoms with van der Waals surface area (Å²) in [5, 5.41) is 10.9. The van der Waals surface area contributed by atoms with Gasteiger partial charge in [-0.25, -0.2) is 0 Å². The van der Waals surface area contributed by atoms with Crippen LogP contribution < -0.4 is 17.1 Å². The van der Waals surface area contributed by atoms with E-state index in [-0.39, 0.29) is 23.2 Å². The summed E-state index contributed by atoms with van der Waals surface area (Å²) >= 11 is 0. The average Bonchev–Trinajstić information content (AvgIpc) is 3.03. The van der Waals surface area contributed by atoms with Crippen molar-refractivity contribution < 1.29 is 31.5 Å². The Kier molecular flexibility index (Phi) is 12.0. The van der Waals surface area contributed by atoms with Gasteiger partial charge in [0, 0.05) is 5.56 Å². The van der Waals surface area contributed by atoms with E-state index < -0.39 is 6.10 Å². The van der Waals surface area contributed by atoms with Crippen LogP contribution in [-0.4, -0.2) is 55.1 Å². The Bertz CT molecular complexity index is 925. The minimum absolute atomic E-state index is 0. The number of hydrogen-bond donors (Lipinski definition) is 1. The normalized spacial score (nSPS) is 16.9. The molecule has 3 rings (SSSR count). The van der Waals surface area contributed by atoms with E-state index >= 15 is 0 Å². The molecule has 1 fully saturated rings. The van der Waals surface area contributed by atoms with Gasteiger partial charge in [-0.15, -0.1) is 0 Å². The third-order valence-corrected chi connectivity index (χ3v) is 7.42. The van der Waals surface area contributed by atoms with E-state index in [1.54, 1.807) is 0 Å². The van der Waals surface area contributed by atoms with Crippen LogP contribution in [0.4, 0.5) is 0 Å². The Morgan fingerprint density at radius 3 is 2.08 bits per heavy atom. The molecule has 0 spiro atoms. The zero-order valence-electron chi connectivity index (χ0n) is 24.1. The van der Waals surface area contributed by atoms with Crippen LogP contribution >= 0.6 is 0 Å². The Morgan fingerprint density at radius 1 is 0.838 bits per heavy atom. The van der Waals surface area contributed by atoms with Crippen molar-refractivity contribution in [1.82, 2.24) is 0 Å². The van der Waals surface area contributed by atoms with Crippen LogP contribution in [0.15, 0.2) is 48.5 Å². The number of rotatable bonds is 10. The lowest BCUT2D eigenvalue weighted by Crippen LogP contribution is -3.00. The van der Waals surface area contributed by atoms with E-state index in [1.165, 1.54) is 42.4 Å². The third kappa shape index (κ3) is 9.90. The molecule has 5 heteroatoms. The fourth-order valence-corrected chi connectivity index (χ4v) is 5.37. The van der Waals surface area contributed by atoms with Gasteiger partial charge in [0.2, 0.25) is 0 Å². The predicted octanol–water partition coefficient (Wildman–Crippen LogP) is 3.63. The van der Waals surface area contributed by atoms with Gasteiger partial charge in [0.1, 0.15) is 31.5 Å². The number of aliphatic hydroxyl groups excluding tert-OH is 1. The Hall–Kier alpha value is -1.59. The molecule has 4 nitrogen and oxygen atoms in total. The maximum Gasteiger partial charge on any atom is 0.126 e. The first-order valence-corrected chi connectivity index (χ1v) is 13.9. The second-order valence-corrected chi connectivity index (χ2v) is 12.8. The third-order valence-electron chi connectivity index (χ3n) is 7.42. The van der Waals surface area contributed by atoms with Gasteiger partial charge >= 0.3 is 0 Å². The van der Waals surface area contributed by atoms with Crippen molar-refractivity contribution in [2.45, 2.75) is 90.7 Å². The Balaban J connectivity index is 0.00000481. The number of aliphatic hydroxyl groups is 1. The zero-order valence-corrected chi connectivity index (χ0v) is 24.8. The lowest BCUT2D eigenvalue weighted by Gasteiger charge is -2.39. The van der Waals surface area contributed by atoms with Crippen molar-refractivity contribution in [3.05, 3.63) is 65.2 Å². The van der Waals surface area contributed by atoms with E-state index in [4.69, 9.17) is 9.47 Å².